The van der Waals surface area contributed by atoms with E-state index in [1.54, 1.807) is 0 Å². The topological polar surface area (TPSA) is 50.1 Å². The minimum atomic E-state index is 0.657. The highest BCUT2D eigenvalue weighted by atomic mass is 16.3. The van der Waals surface area contributed by atoms with Gasteiger partial charge in [-0.1, -0.05) is 103 Å². The molecular formula is C41H23NO2. The average molecular weight is 562 g/mol. The Morgan fingerprint density at radius 3 is 1.59 bits per heavy atom. The molecule has 9 rings (SSSR count). The molecule has 0 aliphatic rings. The molecule has 44 heavy (non-hydrogen) atoms. The van der Waals surface area contributed by atoms with Gasteiger partial charge in [-0.25, -0.2) is 0 Å². The van der Waals surface area contributed by atoms with Crippen molar-refractivity contribution in [1.82, 2.24) is 0 Å². The highest BCUT2D eigenvalue weighted by Crippen LogP contribution is 2.47. The van der Waals surface area contributed by atoms with Crippen LogP contribution in [0.2, 0.25) is 0 Å². The van der Waals surface area contributed by atoms with E-state index in [0.717, 1.165) is 88.0 Å². The van der Waals surface area contributed by atoms with Crippen molar-refractivity contribution in [2.75, 3.05) is 0 Å². The van der Waals surface area contributed by atoms with Crippen LogP contribution in [-0.2, 0) is 0 Å². The van der Waals surface area contributed by atoms with E-state index in [4.69, 9.17) is 8.83 Å². The van der Waals surface area contributed by atoms with E-state index in [-0.39, 0.29) is 0 Å². The standard InChI is InChI=1S/C41H23NO2/c42-24-25-16-18-26(19-17-25)27-8-7-9-28(22-27)29-20-21-34(31-11-2-1-10-30(29)31)39-40-35(32-12-3-5-14-37(32)43-40)23-36-33-13-4-6-15-38(33)44-41(36)39/h1-23H. The minimum Gasteiger partial charge on any atom is -0.455 e. The second-order valence-electron chi connectivity index (χ2n) is 11.2. The van der Waals surface area contributed by atoms with Crippen molar-refractivity contribution in [3.63, 3.8) is 0 Å². The average Bonchev–Trinajstić information content (AvgIpc) is 3.65. The van der Waals surface area contributed by atoms with Crippen LogP contribution in [-0.4, -0.2) is 0 Å². The van der Waals surface area contributed by atoms with E-state index in [9.17, 15) is 5.26 Å². The summed E-state index contributed by atoms with van der Waals surface area (Å²) in [5.74, 6) is 0. The molecule has 2 aromatic heterocycles. The molecule has 204 valence electrons. The molecule has 0 N–H and O–H groups in total. The van der Waals surface area contributed by atoms with Gasteiger partial charge in [-0.15, -0.1) is 0 Å². The molecule has 0 aliphatic heterocycles. The number of nitriles is 1. The van der Waals surface area contributed by atoms with Crippen LogP contribution in [0, 0.1) is 11.3 Å². The molecule has 7 aromatic carbocycles. The summed E-state index contributed by atoms with van der Waals surface area (Å²) in [6.07, 6.45) is 0. The largest absolute Gasteiger partial charge is 0.455 e. The van der Waals surface area contributed by atoms with Crippen LogP contribution in [0.1, 0.15) is 5.56 Å². The lowest BCUT2D eigenvalue weighted by molar-refractivity contribution is 0.658. The number of fused-ring (bicyclic) bond motifs is 7. The molecule has 0 unspecified atom stereocenters. The summed E-state index contributed by atoms with van der Waals surface area (Å²) in [6.45, 7) is 0. The highest BCUT2D eigenvalue weighted by molar-refractivity contribution is 6.24. The van der Waals surface area contributed by atoms with Crippen molar-refractivity contribution in [2.45, 2.75) is 0 Å². The Labute approximate surface area is 252 Å². The van der Waals surface area contributed by atoms with Gasteiger partial charge in [0.05, 0.1) is 17.2 Å². The normalized spacial score (nSPS) is 11.6. The fourth-order valence-electron chi connectivity index (χ4n) is 6.65. The number of para-hydroxylation sites is 2. The molecule has 9 aromatic rings. The number of benzene rings is 7. The lowest BCUT2D eigenvalue weighted by Crippen LogP contribution is -1.88. The summed E-state index contributed by atoms with van der Waals surface area (Å²) in [6, 6.07) is 50.2. The van der Waals surface area contributed by atoms with Crippen molar-refractivity contribution in [1.29, 1.82) is 5.26 Å². The van der Waals surface area contributed by atoms with E-state index in [1.165, 1.54) is 0 Å². The predicted molar refractivity (Wildman–Crippen MR) is 180 cm³/mol. The molecule has 0 radical (unpaired) electrons. The lowest BCUT2D eigenvalue weighted by Gasteiger charge is -2.14. The van der Waals surface area contributed by atoms with Crippen molar-refractivity contribution in [3.8, 4) is 39.4 Å². The molecule has 0 saturated carbocycles. The van der Waals surface area contributed by atoms with Gasteiger partial charge >= 0.3 is 0 Å². The molecule has 0 saturated heterocycles. The first-order chi connectivity index (χ1) is 21.8. The Kier molecular flexibility index (Phi) is 5.26. The quantitative estimate of drug-likeness (QED) is 0.216. The first kappa shape index (κ1) is 24.5. The SMILES string of the molecule is N#Cc1ccc(-c2cccc(-c3ccc(-c4c5oc6ccccc6c5cc5c4oc4ccccc45)c4ccccc34)c2)cc1. The maximum atomic E-state index is 9.23. The third-order valence-corrected chi connectivity index (χ3v) is 8.72. The van der Waals surface area contributed by atoms with Crippen LogP contribution < -0.4 is 0 Å². The van der Waals surface area contributed by atoms with Crippen LogP contribution in [0.25, 0.3) is 88.0 Å². The summed E-state index contributed by atoms with van der Waals surface area (Å²) in [4.78, 5) is 0. The third-order valence-electron chi connectivity index (χ3n) is 8.72. The van der Waals surface area contributed by atoms with Gasteiger partial charge in [0.1, 0.15) is 22.3 Å². The third kappa shape index (κ3) is 3.62. The van der Waals surface area contributed by atoms with E-state index in [2.05, 4.69) is 97.1 Å². The van der Waals surface area contributed by atoms with Crippen LogP contribution in [0.15, 0.2) is 148 Å². The van der Waals surface area contributed by atoms with Gasteiger partial charge in [0.25, 0.3) is 0 Å². The predicted octanol–water partition coefficient (Wildman–Crippen LogP) is 11.5. The summed E-state index contributed by atoms with van der Waals surface area (Å²) >= 11 is 0. The smallest absolute Gasteiger partial charge is 0.147 e. The molecule has 0 spiro atoms. The second-order valence-corrected chi connectivity index (χ2v) is 11.2. The zero-order chi connectivity index (χ0) is 29.2. The van der Waals surface area contributed by atoms with Gasteiger partial charge in [-0.3, -0.25) is 0 Å². The lowest BCUT2D eigenvalue weighted by atomic mass is 9.89. The van der Waals surface area contributed by atoms with Crippen molar-refractivity contribution >= 4 is 54.6 Å². The Hall–Kier alpha value is -6.11. The van der Waals surface area contributed by atoms with E-state index < -0.39 is 0 Å². The van der Waals surface area contributed by atoms with Gasteiger partial charge < -0.3 is 8.83 Å². The van der Waals surface area contributed by atoms with Crippen molar-refractivity contribution in [2.24, 2.45) is 0 Å². The fourth-order valence-corrected chi connectivity index (χ4v) is 6.65. The van der Waals surface area contributed by atoms with Gasteiger partial charge in [0, 0.05) is 21.5 Å². The Morgan fingerprint density at radius 2 is 0.955 bits per heavy atom. The maximum Gasteiger partial charge on any atom is 0.147 e. The first-order valence-electron chi connectivity index (χ1n) is 14.7. The van der Waals surface area contributed by atoms with Crippen molar-refractivity contribution in [3.05, 3.63) is 145 Å². The van der Waals surface area contributed by atoms with Gasteiger partial charge in [0.2, 0.25) is 0 Å². The van der Waals surface area contributed by atoms with Gasteiger partial charge in [0.15, 0.2) is 0 Å². The number of furan rings is 2. The number of nitrogens with zero attached hydrogens (tertiary/aromatic N) is 1. The van der Waals surface area contributed by atoms with E-state index in [1.807, 2.05) is 48.5 Å². The summed E-state index contributed by atoms with van der Waals surface area (Å²) in [5.41, 5.74) is 10.6. The second kappa shape index (κ2) is 9.46. The maximum absolute atomic E-state index is 9.23. The summed E-state index contributed by atoms with van der Waals surface area (Å²) < 4.78 is 13.2. The molecule has 3 heteroatoms. The molecule has 0 amide bonds. The number of rotatable bonds is 3. The summed E-state index contributed by atoms with van der Waals surface area (Å²) in [7, 11) is 0. The van der Waals surface area contributed by atoms with Crippen LogP contribution >= 0.6 is 0 Å². The first-order valence-corrected chi connectivity index (χ1v) is 14.7. The number of hydrogen-bond acceptors (Lipinski definition) is 3. The highest BCUT2D eigenvalue weighted by Gasteiger charge is 2.22. The van der Waals surface area contributed by atoms with E-state index in [0.29, 0.717) is 5.56 Å². The fraction of sp³-hybridized carbons (Fsp3) is 0. The zero-order valence-corrected chi connectivity index (χ0v) is 23.5. The monoisotopic (exact) mass is 561 g/mol. The molecule has 0 atom stereocenters. The molecule has 3 nitrogen and oxygen atoms in total. The van der Waals surface area contributed by atoms with Crippen LogP contribution in [0.4, 0.5) is 0 Å². The number of hydrogen-bond donors (Lipinski definition) is 0. The molecule has 2 heterocycles. The Bertz CT molecular complexity index is 2520. The van der Waals surface area contributed by atoms with Gasteiger partial charge in [-0.05, 0) is 75.0 Å². The summed E-state index contributed by atoms with van der Waals surface area (Å²) in [5, 5.41) is 15.9. The van der Waals surface area contributed by atoms with Crippen molar-refractivity contribution < 1.29 is 8.83 Å². The molecule has 0 aliphatic carbocycles. The van der Waals surface area contributed by atoms with Crippen LogP contribution in [0.5, 0.6) is 0 Å². The Morgan fingerprint density at radius 1 is 0.409 bits per heavy atom. The van der Waals surface area contributed by atoms with Crippen LogP contribution in [0.3, 0.4) is 0 Å². The molecule has 0 bridgehead atoms. The zero-order valence-electron chi connectivity index (χ0n) is 23.5. The molecular weight excluding hydrogens is 538 g/mol. The van der Waals surface area contributed by atoms with Gasteiger partial charge in [-0.2, -0.15) is 5.26 Å². The van der Waals surface area contributed by atoms with E-state index >= 15 is 0 Å². The Balaban J connectivity index is 1.32. The minimum absolute atomic E-state index is 0.657. The molecule has 0 fully saturated rings.